The van der Waals surface area contributed by atoms with Crippen molar-refractivity contribution < 1.29 is 18.4 Å². The van der Waals surface area contributed by atoms with Crippen LogP contribution in [0.2, 0.25) is 0 Å². The van der Waals surface area contributed by atoms with Crippen LogP contribution in [0.3, 0.4) is 0 Å². The first-order chi connectivity index (χ1) is 7.52. The Hall–Kier alpha value is -1.50. The summed E-state index contributed by atoms with van der Waals surface area (Å²) in [6.45, 7) is 0. The van der Waals surface area contributed by atoms with Gasteiger partial charge in [0.1, 0.15) is 0 Å². The lowest BCUT2D eigenvalue weighted by Gasteiger charge is -2.08. The number of methoxy groups -OCH3 is 1. The van der Waals surface area contributed by atoms with E-state index in [2.05, 4.69) is 9.72 Å². The van der Waals surface area contributed by atoms with Crippen molar-refractivity contribution in [2.24, 2.45) is 0 Å². The molecule has 0 saturated carbocycles. The molecular formula is C8H7ClF2N2O3. The highest BCUT2D eigenvalue weighted by atomic mass is 35.5. The molecule has 1 rings (SSSR count). The summed E-state index contributed by atoms with van der Waals surface area (Å²) in [5.74, 6) is -0.737. The number of rotatable bonds is 4. The molecule has 1 aromatic heterocycles. The minimum Gasteiger partial charge on any atom is -0.476 e. The molecule has 0 N–H and O–H groups in total. The van der Waals surface area contributed by atoms with Gasteiger partial charge < -0.3 is 4.74 Å². The Morgan fingerprint density at radius 3 is 2.69 bits per heavy atom. The molecule has 5 nitrogen and oxygen atoms in total. The molecule has 0 fully saturated rings. The number of nitro groups is 1. The van der Waals surface area contributed by atoms with Crippen LogP contribution in [0.1, 0.15) is 17.6 Å². The third-order valence-electron chi connectivity index (χ3n) is 1.90. The molecular weight excluding hydrogens is 246 g/mol. The van der Waals surface area contributed by atoms with Crippen LogP contribution in [0, 0.1) is 10.1 Å². The molecule has 0 atom stereocenters. The number of ether oxygens (including phenoxy) is 1. The highest BCUT2D eigenvalue weighted by molar-refractivity contribution is 6.17. The Kier molecular flexibility index (Phi) is 3.94. The van der Waals surface area contributed by atoms with Crippen LogP contribution in [-0.2, 0) is 5.88 Å². The van der Waals surface area contributed by atoms with Gasteiger partial charge in [0, 0.05) is 11.8 Å². The summed E-state index contributed by atoms with van der Waals surface area (Å²) in [7, 11) is 1.16. The van der Waals surface area contributed by atoms with Crippen molar-refractivity contribution in [2.45, 2.75) is 12.3 Å². The average molecular weight is 253 g/mol. The van der Waals surface area contributed by atoms with E-state index in [4.69, 9.17) is 11.6 Å². The maximum Gasteiger partial charge on any atom is 0.335 e. The minimum atomic E-state index is -2.87. The van der Waals surface area contributed by atoms with Crippen molar-refractivity contribution in [3.8, 4) is 5.88 Å². The summed E-state index contributed by atoms with van der Waals surface area (Å²) in [5.41, 5.74) is -1.44. The molecule has 0 aromatic carbocycles. The van der Waals surface area contributed by atoms with Gasteiger partial charge in [-0.05, 0) is 0 Å². The second-order valence-electron chi connectivity index (χ2n) is 2.74. The molecule has 0 saturated heterocycles. The number of pyridine rings is 1. The Labute approximate surface area is 94.1 Å². The minimum absolute atomic E-state index is 0.270. The van der Waals surface area contributed by atoms with E-state index in [-0.39, 0.29) is 11.4 Å². The molecule has 88 valence electrons. The van der Waals surface area contributed by atoms with Gasteiger partial charge in [0.15, 0.2) is 0 Å². The molecule has 16 heavy (non-hydrogen) atoms. The quantitative estimate of drug-likeness (QED) is 0.469. The molecule has 0 aliphatic rings. The van der Waals surface area contributed by atoms with Crippen molar-refractivity contribution in [1.29, 1.82) is 0 Å². The number of hydrogen-bond donors (Lipinski definition) is 0. The van der Waals surface area contributed by atoms with Gasteiger partial charge in [0.05, 0.1) is 23.5 Å². The van der Waals surface area contributed by atoms with Crippen molar-refractivity contribution >= 4 is 17.3 Å². The predicted octanol–water partition coefficient (Wildman–Crippen LogP) is 2.67. The summed E-state index contributed by atoms with van der Waals surface area (Å²) in [5, 5.41) is 10.7. The van der Waals surface area contributed by atoms with Gasteiger partial charge in [0.25, 0.3) is 12.3 Å². The average Bonchev–Trinajstić information content (AvgIpc) is 2.26. The molecule has 0 radical (unpaired) electrons. The molecule has 0 unspecified atom stereocenters. The fourth-order valence-corrected chi connectivity index (χ4v) is 1.48. The third-order valence-corrected chi connectivity index (χ3v) is 2.17. The number of alkyl halides is 3. The molecule has 0 aliphatic carbocycles. The molecule has 0 aliphatic heterocycles. The van der Waals surface area contributed by atoms with Crippen LogP contribution in [0.4, 0.5) is 14.5 Å². The lowest BCUT2D eigenvalue weighted by Crippen LogP contribution is -2.04. The Morgan fingerprint density at radius 1 is 1.69 bits per heavy atom. The van der Waals surface area contributed by atoms with E-state index < -0.39 is 28.5 Å². The van der Waals surface area contributed by atoms with E-state index in [1.807, 2.05) is 0 Å². The monoisotopic (exact) mass is 252 g/mol. The first-order valence-electron chi connectivity index (χ1n) is 4.07. The summed E-state index contributed by atoms with van der Waals surface area (Å²) >= 11 is 5.43. The molecule has 0 amide bonds. The summed E-state index contributed by atoms with van der Waals surface area (Å²) < 4.78 is 29.7. The Morgan fingerprint density at radius 2 is 2.31 bits per heavy atom. The maximum absolute atomic E-state index is 12.5. The molecule has 1 heterocycles. The maximum atomic E-state index is 12.5. The van der Waals surface area contributed by atoms with Gasteiger partial charge in [-0.15, -0.1) is 11.6 Å². The normalized spacial score (nSPS) is 10.6. The number of aromatic nitrogens is 1. The van der Waals surface area contributed by atoms with Gasteiger partial charge in [-0.25, -0.2) is 13.8 Å². The topological polar surface area (TPSA) is 65.3 Å². The zero-order valence-electron chi connectivity index (χ0n) is 8.11. The summed E-state index contributed by atoms with van der Waals surface area (Å²) in [6, 6.07) is 0. The number of hydrogen-bond acceptors (Lipinski definition) is 4. The smallest absolute Gasteiger partial charge is 0.335 e. The lowest BCUT2D eigenvalue weighted by atomic mass is 10.1. The zero-order chi connectivity index (χ0) is 12.3. The fraction of sp³-hybridized carbons (Fsp3) is 0.375. The number of halogens is 3. The predicted molar refractivity (Wildman–Crippen MR) is 52.0 cm³/mol. The second kappa shape index (κ2) is 5.02. The zero-order valence-corrected chi connectivity index (χ0v) is 8.87. The highest BCUT2D eigenvalue weighted by Gasteiger charge is 2.28. The standard InChI is InChI=1S/C8H7ClF2N2O3/c1-16-8-6(13(14)15)4(2-9)5(3-12-8)7(10)11/h3,7H,2H2,1H3. The summed E-state index contributed by atoms with van der Waals surface area (Å²) in [6.07, 6.45) is -2.04. The number of nitrogens with zero attached hydrogens (tertiary/aromatic N) is 2. The SMILES string of the molecule is COc1ncc(C(F)F)c(CCl)c1[N+](=O)[O-]. The van der Waals surface area contributed by atoms with Crippen molar-refractivity contribution in [1.82, 2.24) is 4.98 Å². The Balaban J connectivity index is 3.49. The van der Waals surface area contributed by atoms with Gasteiger partial charge in [0.2, 0.25) is 0 Å². The highest BCUT2D eigenvalue weighted by Crippen LogP contribution is 2.35. The first kappa shape index (κ1) is 12.6. The van der Waals surface area contributed by atoms with Crippen LogP contribution < -0.4 is 4.74 Å². The van der Waals surface area contributed by atoms with E-state index in [0.29, 0.717) is 0 Å². The van der Waals surface area contributed by atoms with E-state index in [1.165, 1.54) is 0 Å². The van der Waals surface area contributed by atoms with E-state index >= 15 is 0 Å². The van der Waals surface area contributed by atoms with Gasteiger partial charge in [-0.3, -0.25) is 10.1 Å². The van der Waals surface area contributed by atoms with Gasteiger partial charge in [-0.2, -0.15) is 0 Å². The Bertz CT molecular complexity index is 415. The molecule has 8 heteroatoms. The second-order valence-corrected chi connectivity index (χ2v) is 3.01. The third kappa shape index (κ3) is 2.19. The van der Waals surface area contributed by atoms with Crippen LogP contribution in [-0.4, -0.2) is 17.0 Å². The first-order valence-corrected chi connectivity index (χ1v) is 4.60. The fourth-order valence-electron chi connectivity index (χ4n) is 1.20. The van der Waals surface area contributed by atoms with Crippen LogP contribution in [0.5, 0.6) is 5.88 Å². The van der Waals surface area contributed by atoms with Crippen molar-refractivity contribution in [3.63, 3.8) is 0 Å². The van der Waals surface area contributed by atoms with E-state index in [0.717, 1.165) is 13.3 Å². The molecule has 0 bridgehead atoms. The summed E-state index contributed by atoms with van der Waals surface area (Å²) in [4.78, 5) is 13.3. The van der Waals surface area contributed by atoms with Gasteiger partial charge >= 0.3 is 5.69 Å². The molecule has 0 spiro atoms. The largest absolute Gasteiger partial charge is 0.476 e. The van der Waals surface area contributed by atoms with Crippen molar-refractivity contribution in [3.05, 3.63) is 27.4 Å². The van der Waals surface area contributed by atoms with Crippen LogP contribution >= 0.6 is 11.6 Å². The van der Waals surface area contributed by atoms with E-state index in [9.17, 15) is 18.9 Å². The van der Waals surface area contributed by atoms with Crippen LogP contribution in [0.25, 0.3) is 0 Å². The van der Waals surface area contributed by atoms with E-state index in [1.54, 1.807) is 0 Å². The molecule has 1 aromatic rings. The lowest BCUT2D eigenvalue weighted by molar-refractivity contribution is -0.386. The van der Waals surface area contributed by atoms with Crippen molar-refractivity contribution in [2.75, 3.05) is 7.11 Å². The van der Waals surface area contributed by atoms with Crippen LogP contribution in [0.15, 0.2) is 6.20 Å². The van der Waals surface area contributed by atoms with Gasteiger partial charge in [-0.1, -0.05) is 0 Å².